The number of nitrogens with zero attached hydrogens (tertiary/aromatic N) is 4. The van der Waals surface area contributed by atoms with Crippen molar-refractivity contribution in [2.24, 2.45) is 10.2 Å². The van der Waals surface area contributed by atoms with Crippen molar-refractivity contribution >= 4 is 5.82 Å². The minimum absolute atomic E-state index is 0.0987. The molecule has 10 nitrogen and oxygen atoms in total. The zero-order valence-electron chi connectivity index (χ0n) is 22.4. The first-order chi connectivity index (χ1) is 17.8. The zero-order valence-corrected chi connectivity index (χ0v) is 22.4. The van der Waals surface area contributed by atoms with Crippen LogP contribution in [0.2, 0.25) is 0 Å². The first kappa shape index (κ1) is 28.9. The van der Waals surface area contributed by atoms with E-state index in [1.807, 2.05) is 52.0 Å². The molecule has 1 fully saturated rings. The molecule has 0 saturated carbocycles. The van der Waals surface area contributed by atoms with E-state index in [0.29, 0.717) is 38.1 Å². The summed E-state index contributed by atoms with van der Waals surface area (Å²) >= 11 is 0. The Balaban J connectivity index is 1.36. The van der Waals surface area contributed by atoms with E-state index in [4.69, 9.17) is 18.9 Å². The van der Waals surface area contributed by atoms with Crippen LogP contribution in [0.3, 0.4) is 0 Å². The van der Waals surface area contributed by atoms with Crippen LogP contribution in [0.4, 0.5) is 5.82 Å². The average molecular weight is 516 g/mol. The Bertz CT molecular complexity index is 948. The van der Waals surface area contributed by atoms with Gasteiger partial charge in [-0.25, -0.2) is 0 Å². The second-order valence-electron chi connectivity index (χ2n) is 10.1. The van der Waals surface area contributed by atoms with Crippen LogP contribution < -0.4 is 14.8 Å². The van der Waals surface area contributed by atoms with Gasteiger partial charge in [-0.05, 0) is 64.7 Å². The van der Waals surface area contributed by atoms with Crippen molar-refractivity contribution in [1.29, 1.82) is 0 Å². The van der Waals surface area contributed by atoms with E-state index in [1.54, 1.807) is 12.1 Å². The summed E-state index contributed by atoms with van der Waals surface area (Å²) in [7, 11) is 0. The van der Waals surface area contributed by atoms with Gasteiger partial charge in [0.15, 0.2) is 5.82 Å². The van der Waals surface area contributed by atoms with Crippen molar-refractivity contribution in [2.45, 2.75) is 70.7 Å². The van der Waals surface area contributed by atoms with Crippen molar-refractivity contribution in [3.63, 3.8) is 0 Å². The SMILES string of the molecule is CC(C)N=Nc1ccc(OCC(C)(C)NCC(O)COc2ccccc2CCOCC2CCCO2)nn1. The Labute approximate surface area is 219 Å². The van der Waals surface area contributed by atoms with Gasteiger partial charge in [-0.15, -0.1) is 15.3 Å². The summed E-state index contributed by atoms with van der Waals surface area (Å²) in [6.07, 6.45) is 2.47. The largest absolute Gasteiger partial charge is 0.491 e. The molecule has 3 rings (SSSR count). The third-order valence-corrected chi connectivity index (χ3v) is 5.66. The van der Waals surface area contributed by atoms with Crippen LogP contribution in [0.25, 0.3) is 0 Å². The van der Waals surface area contributed by atoms with Crippen molar-refractivity contribution in [2.75, 3.05) is 39.6 Å². The summed E-state index contributed by atoms with van der Waals surface area (Å²) in [5.41, 5.74) is 0.651. The number of aromatic nitrogens is 2. The molecule has 2 atom stereocenters. The quantitative estimate of drug-likeness (QED) is 0.255. The number of azo groups is 1. The molecule has 1 aromatic carbocycles. The molecule has 1 saturated heterocycles. The number of β-amino-alcohol motifs (C(OH)–C–C–N with tert-alkyl or cyclic N) is 1. The monoisotopic (exact) mass is 515 g/mol. The highest BCUT2D eigenvalue weighted by molar-refractivity contribution is 5.33. The van der Waals surface area contributed by atoms with E-state index in [1.165, 1.54) is 0 Å². The molecule has 2 N–H and O–H groups in total. The molecule has 0 spiro atoms. The first-order valence-electron chi connectivity index (χ1n) is 13.0. The number of hydrogen-bond donors (Lipinski definition) is 2. The van der Waals surface area contributed by atoms with Crippen LogP contribution in [-0.4, -0.2) is 78.7 Å². The zero-order chi connectivity index (χ0) is 26.5. The fraction of sp³-hybridized carbons (Fsp3) is 0.630. The van der Waals surface area contributed by atoms with Gasteiger partial charge in [0, 0.05) is 24.8 Å². The molecular weight excluding hydrogens is 474 g/mol. The van der Waals surface area contributed by atoms with Gasteiger partial charge >= 0.3 is 0 Å². The summed E-state index contributed by atoms with van der Waals surface area (Å²) in [4.78, 5) is 0. The number of para-hydroxylation sites is 1. The maximum absolute atomic E-state index is 10.5. The molecule has 0 amide bonds. The molecule has 1 aliphatic rings. The summed E-state index contributed by atoms with van der Waals surface area (Å²) in [5.74, 6) is 1.60. The number of ether oxygens (including phenoxy) is 4. The highest BCUT2D eigenvalue weighted by Gasteiger charge is 2.21. The lowest BCUT2D eigenvalue weighted by Crippen LogP contribution is -2.48. The first-order valence-corrected chi connectivity index (χ1v) is 13.0. The number of aliphatic hydroxyl groups is 1. The highest BCUT2D eigenvalue weighted by atomic mass is 16.5. The standard InChI is InChI=1S/C27H41N5O5/c1-20(2)29-30-25-11-12-26(32-31-25)37-19-27(3,4)28-16-22(33)17-36-24-10-6-5-8-21(24)13-15-34-18-23-9-7-14-35-23/h5-6,8,10-12,20,22-23,28,33H,7,9,13-19H2,1-4H3. The van der Waals surface area contributed by atoms with E-state index < -0.39 is 11.6 Å². The second-order valence-corrected chi connectivity index (χ2v) is 10.1. The summed E-state index contributed by atoms with van der Waals surface area (Å²) in [5, 5.41) is 29.9. The van der Waals surface area contributed by atoms with Gasteiger partial charge in [-0.2, -0.15) is 5.11 Å². The van der Waals surface area contributed by atoms with Gasteiger partial charge in [0.05, 0.1) is 25.4 Å². The number of hydrogen-bond acceptors (Lipinski definition) is 10. The van der Waals surface area contributed by atoms with Crippen LogP contribution in [-0.2, 0) is 15.9 Å². The van der Waals surface area contributed by atoms with Gasteiger partial charge in [0.1, 0.15) is 25.1 Å². The lowest BCUT2D eigenvalue weighted by molar-refractivity contribution is 0.0181. The molecule has 1 aliphatic heterocycles. The lowest BCUT2D eigenvalue weighted by Gasteiger charge is -2.27. The predicted octanol–water partition coefficient (Wildman–Crippen LogP) is 3.89. The average Bonchev–Trinajstić information content (AvgIpc) is 3.41. The third-order valence-electron chi connectivity index (χ3n) is 5.66. The minimum Gasteiger partial charge on any atom is -0.491 e. The van der Waals surface area contributed by atoms with E-state index >= 15 is 0 Å². The second kappa shape index (κ2) is 14.9. The van der Waals surface area contributed by atoms with E-state index in [9.17, 15) is 5.11 Å². The van der Waals surface area contributed by atoms with E-state index in [0.717, 1.165) is 37.2 Å². The molecule has 0 radical (unpaired) electrons. The van der Waals surface area contributed by atoms with Crippen LogP contribution in [0.5, 0.6) is 11.6 Å². The van der Waals surface area contributed by atoms with Gasteiger partial charge < -0.3 is 29.4 Å². The Hall–Kier alpha value is -2.66. The maximum atomic E-state index is 10.5. The fourth-order valence-electron chi connectivity index (χ4n) is 3.59. The molecule has 2 unspecified atom stereocenters. The maximum Gasteiger partial charge on any atom is 0.233 e. The molecule has 2 aromatic rings. The van der Waals surface area contributed by atoms with Crippen LogP contribution in [0.15, 0.2) is 46.6 Å². The molecule has 10 heteroatoms. The summed E-state index contributed by atoms with van der Waals surface area (Å²) in [6.45, 7) is 10.8. The van der Waals surface area contributed by atoms with Gasteiger partial charge in [0.25, 0.3) is 0 Å². The Morgan fingerprint density at radius 1 is 1.16 bits per heavy atom. The Morgan fingerprint density at radius 2 is 2.00 bits per heavy atom. The highest BCUT2D eigenvalue weighted by Crippen LogP contribution is 2.20. The van der Waals surface area contributed by atoms with Gasteiger partial charge in [0.2, 0.25) is 5.88 Å². The number of rotatable bonds is 16. The van der Waals surface area contributed by atoms with Crippen LogP contribution in [0, 0.1) is 0 Å². The summed E-state index contributed by atoms with van der Waals surface area (Å²) in [6, 6.07) is 11.4. The molecule has 0 aliphatic carbocycles. The molecule has 204 valence electrons. The van der Waals surface area contributed by atoms with Gasteiger partial charge in [-0.3, -0.25) is 0 Å². The molecule has 0 bridgehead atoms. The molecular formula is C27H41N5O5. The number of nitrogens with one attached hydrogen (secondary N) is 1. The van der Waals surface area contributed by atoms with Crippen LogP contribution >= 0.6 is 0 Å². The lowest BCUT2D eigenvalue weighted by atomic mass is 10.1. The number of aliphatic hydroxyl groups excluding tert-OH is 1. The third kappa shape index (κ3) is 11.1. The van der Waals surface area contributed by atoms with Gasteiger partial charge in [-0.1, -0.05) is 18.2 Å². The smallest absolute Gasteiger partial charge is 0.233 e. The molecule has 1 aromatic heterocycles. The van der Waals surface area contributed by atoms with Crippen molar-refractivity contribution in [1.82, 2.24) is 15.5 Å². The number of benzene rings is 1. The van der Waals surface area contributed by atoms with E-state index in [-0.39, 0.29) is 18.8 Å². The normalized spacial score (nSPS) is 17.0. The van der Waals surface area contributed by atoms with Crippen molar-refractivity contribution in [3.8, 4) is 11.6 Å². The summed E-state index contributed by atoms with van der Waals surface area (Å²) < 4.78 is 23.1. The van der Waals surface area contributed by atoms with Crippen molar-refractivity contribution in [3.05, 3.63) is 42.0 Å². The Kier molecular flexibility index (Phi) is 11.7. The van der Waals surface area contributed by atoms with Crippen molar-refractivity contribution < 1.29 is 24.1 Å². The topological polar surface area (TPSA) is 120 Å². The predicted molar refractivity (Wildman–Crippen MR) is 141 cm³/mol. The molecule has 2 heterocycles. The van der Waals surface area contributed by atoms with E-state index in [2.05, 4.69) is 25.7 Å². The molecule has 37 heavy (non-hydrogen) atoms. The Morgan fingerprint density at radius 3 is 2.73 bits per heavy atom. The van der Waals surface area contributed by atoms with Crippen LogP contribution in [0.1, 0.15) is 46.1 Å². The fourth-order valence-corrected chi connectivity index (χ4v) is 3.59. The minimum atomic E-state index is -0.687.